The van der Waals surface area contributed by atoms with E-state index in [1.165, 1.54) is 51.7 Å². The quantitative estimate of drug-likeness (QED) is 0.869. The summed E-state index contributed by atoms with van der Waals surface area (Å²) in [5.41, 5.74) is 6.89. The molecule has 0 radical (unpaired) electrons. The van der Waals surface area contributed by atoms with E-state index in [1.54, 1.807) is 0 Å². The molecule has 3 heteroatoms. The molecule has 124 valence electrons. The molecule has 1 saturated carbocycles. The molecule has 21 heavy (non-hydrogen) atoms. The number of nitrogens with zero attached hydrogens (tertiary/aromatic N) is 2. The summed E-state index contributed by atoms with van der Waals surface area (Å²) in [5, 5.41) is 0. The molecule has 3 atom stereocenters. The van der Waals surface area contributed by atoms with Crippen LogP contribution in [0, 0.1) is 17.3 Å². The smallest absolute Gasteiger partial charge is 0.0247 e. The fraction of sp³-hybridized carbons (Fsp3) is 1.00. The molecular formula is C18H37N3. The Hall–Kier alpha value is -0.120. The SMILES string of the molecule is CN1CCC(CN(C)C2CC(C(C)(C)C)CCC2N)CC1. The number of hydrogen-bond donors (Lipinski definition) is 1. The molecule has 0 bridgehead atoms. The first kappa shape index (κ1) is 17.2. The van der Waals surface area contributed by atoms with E-state index in [0.717, 1.165) is 11.8 Å². The van der Waals surface area contributed by atoms with Crippen molar-refractivity contribution in [1.82, 2.24) is 9.80 Å². The third kappa shape index (κ3) is 4.67. The van der Waals surface area contributed by atoms with E-state index < -0.39 is 0 Å². The van der Waals surface area contributed by atoms with Gasteiger partial charge in [-0.05, 0) is 76.5 Å². The summed E-state index contributed by atoms with van der Waals surface area (Å²) in [6.45, 7) is 10.9. The van der Waals surface area contributed by atoms with Crippen molar-refractivity contribution in [2.24, 2.45) is 23.0 Å². The summed E-state index contributed by atoms with van der Waals surface area (Å²) >= 11 is 0. The molecular weight excluding hydrogens is 258 g/mol. The lowest BCUT2D eigenvalue weighted by Crippen LogP contribution is -2.52. The number of rotatable bonds is 3. The Kier molecular flexibility index (Phi) is 5.72. The Morgan fingerprint density at radius 2 is 1.71 bits per heavy atom. The predicted molar refractivity (Wildman–Crippen MR) is 91.4 cm³/mol. The number of likely N-dealkylation sites (tertiary alicyclic amines) is 1. The van der Waals surface area contributed by atoms with Gasteiger partial charge in [0.1, 0.15) is 0 Å². The summed E-state index contributed by atoms with van der Waals surface area (Å²) in [6.07, 6.45) is 6.50. The fourth-order valence-electron chi connectivity index (χ4n) is 4.25. The molecule has 2 rings (SSSR count). The molecule has 2 fully saturated rings. The minimum atomic E-state index is 0.375. The molecule has 0 aromatic heterocycles. The predicted octanol–water partition coefficient (Wildman–Crippen LogP) is 2.80. The zero-order valence-corrected chi connectivity index (χ0v) is 14.9. The number of piperidine rings is 1. The van der Waals surface area contributed by atoms with Crippen molar-refractivity contribution in [2.75, 3.05) is 33.7 Å². The van der Waals surface area contributed by atoms with Gasteiger partial charge in [-0.25, -0.2) is 0 Å². The van der Waals surface area contributed by atoms with Crippen LogP contribution < -0.4 is 5.73 Å². The number of hydrogen-bond acceptors (Lipinski definition) is 3. The largest absolute Gasteiger partial charge is 0.326 e. The van der Waals surface area contributed by atoms with E-state index >= 15 is 0 Å². The van der Waals surface area contributed by atoms with Crippen LogP contribution in [0.5, 0.6) is 0 Å². The van der Waals surface area contributed by atoms with Gasteiger partial charge in [-0.2, -0.15) is 0 Å². The summed E-state index contributed by atoms with van der Waals surface area (Å²) < 4.78 is 0. The highest BCUT2D eigenvalue weighted by Crippen LogP contribution is 2.39. The van der Waals surface area contributed by atoms with E-state index in [4.69, 9.17) is 5.73 Å². The number of nitrogens with two attached hydrogens (primary N) is 1. The van der Waals surface area contributed by atoms with Crippen molar-refractivity contribution < 1.29 is 0 Å². The maximum atomic E-state index is 6.46. The van der Waals surface area contributed by atoms with Gasteiger partial charge in [0.2, 0.25) is 0 Å². The molecule has 3 nitrogen and oxygen atoms in total. The molecule has 3 unspecified atom stereocenters. The fourth-order valence-corrected chi connectivity index (χ4v) is 4.25. The van der Waals surface area contributed by atoms with Gasteiger partial charge in [0.05, 0.1) is 0 Å². The van der Waals surface area contributed by atoms with Crippen molar-refractivity contribution in [3.63, 3.8) is 0 Å². The van der Waals surface area contributed by atoms with Crippen LogP contribution in [0.1, 0.15) is 52.9 Å². The summed E-state index contributed by atoms with van der Waals surface area (Å²) in [5.74, 6) is 1.69. The highest BCUT2D eigenvalue weighted by Gasteiger charge is 2.36. The van der Waals surface area contributed by atoms with Gasteiger partial charge in [-0.15, -0.1) is 0 Å². The Morgan fingerprint density at radius 1 is 1.10 bits per heavy atom. The second-order valence-corrected chi connectivity index (χ2v) is 8.79. The van der Waals surface area contributed by atoms with Crippen LogP contribution in [-0.2, 0) is 0 Å². The summed E-state index contributed by atoms with van der Waals surface area (Å²) in [4.78, 5) is 5.05. The molecule has 2 N–H and O–H groups in total. The van der Waals surface area contributed by atoms with Gasteiger partial charge < -0.3 is 15.5 Å². The first-order valence-corrected chi connectivity index (χ1v) is 8.91. The molecule has 1 saturated heterocycles. The van der Waals surface area contributed by atoms with Crippen molar-refractivity contribution in [1.29, 1.82) is 0 Å². The highest BCUT2D eigenvalue weighted by atomic mass is 15.2. The Balaban J connectivity index is 1.89. The second kappa shape index (κ2) is 6.97. The van der Waals surface area contributed by atoms with Crippen molar-refractivity contribution in [3.05, 3.63) is 0 Å². The van der Waals surface area contributed by atoms with Crippen molar-refractivity contribution >= 4 is 0 Å². The second-order valence-electron chi connectivity index (χ2n) is 8.79. The van der Waals surface area contributed by atoms with Crippen molar-refractivity contribution in [3.8, 4) is 0 Å². The van der Waals surface area contributed by atoms with Gasteiger partial charge in [0.25, 0.3) is 0 Å². The third-order valence-corrected chi connectivity index (χ3v) is 6.04. The third-order valence-electron chi connectivity index (χ3n) is 6.04. The summed E-state index contributed by atoms with van der Waals surface area (Å²) in [7, 11) is 4.55. The van der Waals surface area contributed by atoms with Crippen LogP contribution in [-0.4, -0.2) is 55.6 Å². The van der Waals surface area contributed by atoms with Gasteiger partial charge in [0.15, 0.2) is 0 Å². The van der Waals surface area contributed by atoms with E-state index in [1.807, 2.05) is 0 Å². The van der Waals surface area contributed by atoms with E-state index in [9.17, 15) is 0 Å². The minimum absolute atomic E-state index is 0.375. The minimum Gasteiger partial charge on any atom is -0.326 e. The average molecular weight is 296 g/mol. The van der Waals surface area contributed by atoms with Crippen LogP contribution in [0.15, 0.2) is 0 Å². The highest BCUT2D eigenvalue weighted by molar-refractivity contribution is 4.92. The summed E-state index contributed by atoms with van der Waals surface area (Å²) in [6, 6.07) is 0.961. The number of likely N-dealkylation sites (N-methyl/N-ethyl adjacent to an activating group) is 1. The zero-order chi connectivity index (χ0) is 15.6. The van der Waals surface area contributed by atoms with Gasteiger partial charge >= 0.3 is 0 Å². The molecule has 1 aliphatic heterocycles. The Bertz CT molecular complexity index is 315. The van der Waals surface area contributed by atoms with Crippen molar-refractivity contribution in [2.45, 2.75) is 65.0 Å². The molecule has 2 aliphatic rings. The average Bonchev–Trinajstić information content (AvgIpc) is 2.40. The first-order chi connectivity index (χ1) is 9.77. The Morgan fingerprint density at radius 3 is 2.29 bits per heavy atom. The molecule has 0 amide bonds. The molecule has 1 aliphatic carbocycles. The molecule has 0 aromatic carbocycles. The van der Waals surface area contributed by atoms with Crippen LogP contribution >= 0.6 is 0 Å². The monoisotopic (exact) mass is 295 g/mol. The van der Waals surface area contributed by atoms with E-state index in [2.05, 4.69) is 44.7 Å². The Labute approximate surface area is 132 Å². The van der Waals surface area contributed by atoms with E-state index in [0.29, 0.717) is 17.5 Å². The lowest BCUT2D eigenvalue weighted by molar-refractivity contribution is 0.0670. The van der Waals surface area contributed by atoms with Gasteiger partial charge in [-0.3, -0.25) is 0 Å². The normalized spacial score (nSPS) is 33.6. The van der Waals surface area contributed by atoms with Crippen LogP contribution in [0.3, 0.4) is 0 Å². The van der Waals surface area contributed by atoms with Crippen LogP contribution in [0.4, 0.5) is 0 Å². The van der Waals surface area contributed by atoms with Gasteiger partial charge in [0, 0.05) is 18.6 Å². The maximum absolute atomic E-state index is 6.46. The lowest BCUT2D eigenvalue weighted by atomic mass is 9.69. The van der Waals surface area contributed by atoms with E-state index in [-0.39, 0.29) is 0 Å². The van der Waals surface area contributed by atoms with Gasteiger partial charge in [-0.1, -0.05) is 20.8 Å². The zero-order valence-electron chi connectivity index (χ0n) is 14.9. The first-order valence-electron chi connectivity index (χ1n) is 8.91. The van der Waals surface area contributed by atoms with Crippen LogP contribution in [0.25, 0.3) is 0 Å². The van der Waals surface area contributed by atoms with Crippen LogP contribution in [0.2, 0.25) is 0 Å². The lowest BCUT2D eigenvalue weighted by Gasteiger charge is -2.45. The standard InChI is InChI=1S/C18H37N3/c1-18(2,3)15-6-7-16(19)17(12-15)21(5)13-14-8-10-20(4)11-9-14/h14-17H,6-13,19H2,1-5H3. The molecule has 1 heterocycles. The molecule has 0 aromatic rings. The maximum Gasteiger partial charge on any atom is 0.0247 e. The topological polar surface area (TPSA) is 32.5 Å². The molecule has 0 spiro atoms.